The van der Waals surface area contributed by atoms with Crippen LogP contribution in [0.5, 0.6) is 11.5 Å². The van der Waals surface area contributed by atoms with Gasteiger partial charge in [-0.15, -0.1) is 12.8 Å². The van der Waals surface area contributed by atoms with Gasteiger partial charge in [-0.1, -0.05) is 36.1 Å². The smallest absolute Gasteiger partial charge is 0.148 e. The zero-order valence-electron chi connectivity index (χ0n) is 17.3. The zero-order valence-corrected chi connectivity index (χ0v) is 17.3. The van der Waals surface area contributed by atoms with E-state index in [9.17, 15) is 0 Å². The lowest BCUT2D eigenvalue weighted by atomic mass is 9.42. The molecule has 2 nitrogen and oxygen atoms in total. The molecule has 4 aliphatic rings. The van der Waals surface area contributed by atoms with E-state index in [4.69, 9.17) is 22.3 Å². The van der Waals surface area contributed by atoms with Gasteiger partial charge in [0, 0.05) is 5.41 Å². The molecule has 152 valence electrons. The van der Waals surface area contributed by atoms with Gasteiger partial charge in [0.15, 0.2) is 0 Å². The molecule has 4 fully saturated rings. The lowest BCUT2D eigenvalue weighted by Gasteiger charge is -2.62. The van der Waals surface area contributed by atoms with Crippen molar-refractivity contribution in [1.29, 1.82) is 0 Å². The zero-order chi connectivity index (χ0) is 20.6. The molecule has 0 unspecified atom stereocenters. The minimum absolute atomic E-state index is 0.0721. The maximum Gasteiger partial charge on any atom is 0.148 e. The predicted molar refractivity (Wildman–Crippen MR) is 119 cm³/mol. The lowest BCUT2D eigenvalue weighted by molar-refractivity contribution is -0.0418. The summed E-state index contributed by atoms with van der Waals surface area (Å²) >= 11 is 0. The molecule has 2 aromatic rings. The molecule has 0 radical (unpaired) electrons. The van der Waals surface area contributed by atoms with Crippen molar-refractivity contribution in [3.05, 3.63) is 59.7 Å². The molecule has 0 aliphatic heterocycles. The highest BCUT2D eigenvalue weighted by Gasteiger charge is 2.58. The van der Waals surface area contributed by atoms with Crippen LogP contribution >= 0.6 is 0 Å². The molecule has 2 aromatic carbocycles. The summed E-state index contributed by atoms with van der Waals surface area (Å²) in [6.45, 7) is 0.608. The number of benzene rings is 2. The Labute approximate surface area is 180 Å². The van der Waals surface area contributed by atoms with Crippen LogP contribution in [-0.4, -0.2) is 13.2 Å². The van der Waals surface area contributed by atoms with Crippen molar-refractivity contribution in [2.75, 3.05) is 13.2 Å². The van der Waals surface area contributed by atoms with Gasteiger partial charge < -0.3 is 9.47 Å². The standard InChI is InChI=1S/C28H28O2/c1-3-13-29-26-9-5-22(6-10-26)28(23-7-11-27(12-8-23)30-14-4-2)24-16-20-15-21(18-24)19-25(28)17-20/h1-2,5-12,20-21,24-25H,13-19H2. The summed E-state index contributed by atoms with van der Waals surface area (Å²) in [4.78, 5) is 0. The predicted octanol–water partition coefficient (Wildman–Crippen LogP) is 5.45. The van der Waals surface area contributed by atoms with Crippen LogP contribution in [0.4, 0.5) is 0 Å². The second-order valence-corrected chi connectivity index (χ2v) is 9.21. The van der Waals surface area contributed by atoms with E-state index in [1.165, 1.54) is 43.2 Å². The normalized spacial score (nSPS) is 27.8. The molecule has 0 aromatic heterocycles. The molecule has 4 aliphatic carbocycles. The third-order valence-electron chi connectivity index (χ3n) is 7.73. The molecule has 2 heteroatoms. The molecule has 0 saturated heterocycles. The summed E-state index contributed by atoms with van der Waals surface area (Å²) in [5, 5.41) is 0. The average molecular weight is 397 g/mol. The van der Waals surface area contributed by atoms with E-state index in [1.54, 1.807) is 0 Å². The first kappa shape index (κ1) is 19.1. The van der Waals surface area contributed by atoms with Crippen LogP contribution in [0.3, 0.4) is 0 Å². The molecule has 6 rings (SSSR count). The number of ether oxygens (including phenoxy) is 2. The minimum atomic E-state index is 0.0721. The molecular formula is C28H28O2. The van der Waals surface area contributed by atoms with Gasteiger partial charge in [-0.3, -0.25) is 0 Å². The molecule has 0 amide bonds. The second kappa shape index (κ2) is 7.77. The van der Waals surface area contributed by atoms with Crippen LogP contribution in [0.15, 0.2) is 48.5 Å². The molecule has 0 spiro atoms. The minimum Gasteiger partial charge on any atom is -0.481 e. The average Bonchev–Trinajstić information content (AvgIpc) is 2.77. The molecule has 0 heterocycles. The highest BCUT2D eigenvalue weighted by molar-refractivity contribution is 5.47. The van der Waals surface area contributed by atoms with Gasteiger partial charge in [-0.2, -0.15) is 0 Å². The van der Waals surface area contributed by atoms with Crippen molar-refractivity contribution < 1.29 is 9.47 Å². The molecule has 4 saturated carbocycles. The van der Waals surface area contributed by atoms with Gasteiger partial charge in [0.2, 0.25) is 0 Å². The topological polar surface area (TPSA) is 18.5 Å². The van der Waals surface area contributed by atoms with Crippen molar-refractivity contribution in [3.63, 3.8) is 0 Å². The van der Waals surface area contributed by atoms with Gasteiger partial charge in [0.25, 0.3) is 0 Å². The molecule has 30 heavy (non-hydrogen) atoms. The Kier molecular flexibility index (Phi) is 4.96. The van der Waals surface area contributed by atoms with Crippen LogP contribution < -0.4 is 9.47 Å². The summed E-state index contributed by atoms with van der Waals surface area (Å²) in [5.41, 5.74) is 2.91. The first-order chi connectivity index (χ1) is 14.7. The Hall–Kier alpha value is -2.84. The Morgan fingerprint density at radius 1 is 0.667 bits per heavy atom. The first-order valence-electron chi connectivity index (χ1n) is 11.1. The first-order valence-corrected chi connectivity index (χ1v) is 11.1. The summed E-state index contributed by atoms with van der Waals surface area (Å²) < 4.78 is 11.3. The second-order valence-electron chi connectivity index (χ2n) is 9.21. The van der Waals surface area contributed by atoms with Gasteiger partial charge >= 0.3 is 0 Å². The van der Waals surface area contributed by atoms with Crippen molar-refractivity contribution >= 4 is 0 Å². The van der Waals surface area contributed by atoms with E-state index in [2.05, 4.69) is 60.4 Å². The third-order valence-corrected chi connectivity index (χ3v) is 7.73. The van der Waals surface area contributed by atoms with Gasteiger partial charge in [-0.05, 0) is 91.2 Å². The van der Waals surface area contributed by atoms with Crippen LogP contribution in [0, 0.1) is 48.4 Å². The number of hydrogen-bond acceptors (Lipinski definition) is 2. The third kappa shape index (κ3) is 3.07. The number of rotatable bonds is 6. The highest BCUT2D eigenvalue weighted by atomic mass is 16.5. The quantitative estimate of drug-likeness (QED) is 0.604. The fourth-order valence-electron chi connectivity index (χ4n) is 6.94. The van der Waals surface area contributed by atoms with Crippen LogP contribution in [0.2, 0.25) is 0 Å². The van der Waals surface area contributed by atoms with Crippen LogP contribution in [-0.2, 0) is 5.41 Å². The van der Waals surface area contributed by atoms with Crippen LogP contribution in [0.25, 0.3) is 0 Å². The molecule has 0 atom stereocenters. The van der Waals surface area contributed by atoms with Gasteiger partial charge in [0.1, 0.15) is 24.7 Å². The van der Waals surface area contributed by atoms with E-state index in [0.29, 0.717) is 25.0 Å². The summed E-state index contributed by atoms with van der Waals surface area (Å²) in [6.07, 6.45) is 17.5. The molecule has 0 N–H and O–H groups in total. The fourth-order valence-corrected chi connectivity index (χ4v) is 6.94. The summed E-state index contributed by atoms with van der Waals surface area (Å²) in [7, 11) is 0. The lowest BCUT2D eigenvalue weighted by Crippen LogP contribution is -2.56. The maximum atomic E-state index is 5.64. The number of terminal acetylenes is 2. The monoisotopic (exact) mass is 396 g/mol. The van der Waals surface area contributed by atoms with E-state index in [-0.39, 0.29) is 5.41 Å². The van der Waals surface area contributed by atoms with Gasteiger partial charge in [0.05, 0.1) is 0 Å². The van der Waals surface area contributed by atoms with Crippen molar-refractivity contribution in [2.24, 2.45) is 23.7 Å². The van der Waals surface area contributed by atoms with Crippen molar-refractivity contribution in [2.45, 2.75) is 37.5 Å². The number of hydrogen-bond donors (Lipinski definition) is 0. The maximum absolute atomic E-state index is 5.64. The Balaban J connectivity index is 1.56. The van der Waals surface area contributed by atoms with Crippen molar-refractivity contribution in [1.82, 2.24) is 0 Å². The van der Waals surface area contributed by atoms with E-state index >= 15 is 0 Å². The Morgan fingerprint density at radius 3 is 1.43 bits per heavy atom. The largest absolute Gasteiger partial charge is 0.481 e. The van der Waals surface area contributed by atoms with Gasteiger partial charge in [-0.25, -0.2) is 0 Å². The van der Waals surface area contributed by atoms with E-state index in [0.717, 1.165) is 23.3 Å². The van der Waals surface area contributed by atoms with E-state index < -0.39 is 0 Å². The highest BCUT2D eigenvalue weighted by Crippen LogP contribution is 2.65. The molecule has 4 bridgehead atoms. The Morgan fingerprint density at radius 2 is 1.07 bits per heavy atom. The SMILES string of the molecule is C#CCOc1ccc(C2(c3ccc(OCC#C)cc3)C3CC4CC(C3)CC2C4)cc1. The summed E-state index contributed by atoms with van der Waals surface area (Å²) in [6, 6.07) is 17.4. The van der Waals surface area contributed by atoms with E-state index in [1.807, 2.05) is 0 Å². The molecular weight excluding hydrogens is 368 g/mol. The summed E-state index contributed by atoms with van der Waals surface area (Å²) in [5.74, 6) is 9.99. The Bertz CT molecular complexity index is 880. The van der Waals surface area contributed by atoms with Crippen LogP contribution in [0.1, 0.15) is 43.2 Å². The fraction of sp³-hybridized carbons (Fsp3) is 0.429. The van der Waals surface area contributed by atoms with Crippen molar-refractivity contribution in [3.8, 4) is 36.2 Å².